The molecule has 0 aliphatic rings. The molecule has 3 aromatic rings. The van der Waals surface area contributed by atoms with E-state index in [-0.39, 0.29) is 40.2 Å². The summed E-state index contributed by atoms with van der Waals surface area (Å²) in [5, 5.41) is 12.3. The van der Waals surface area contributed by atoms with Gasteiger partial charge in [0, 0.05) is 6.07 Å². The summed E-state index contributed by atoms with van der Waals surface area (Å²) in [6, 6.07) is 16.3. The third-order valence-electron chi connectivity index (χ3n) is 5.63. The quantitative estimate of drug-likeness (QED) is 0.308. The maximum atomic E-state index is 13.3. The van der Waals surface area contributed by atoms with Crippen molar-refractivity contribution >= 4 is 21.8 Å². The Morgan fingerprint density at radius 1 is 0.971 bits per heavy atom. The van der Waals surface area contributed by atoms with Crippen molar-refractivity contribution in [3.05, 3.63) is 71.8 Å². The normalized spacial score (nSPS) is 13.0. The minimum Gasteiger partial charge on any atom is -0.507 e. The number of aldehydes is 1. The van der Waals surface area contributed by atoms with Crippen molar-refractivity contribution in [1.29, 1.82) is 0 Å². The van der Waals surface area contributed by atoms with Crippen molar-refractivity contribution in [2.45, 2.75) is 56.9 Å². The van der Waals surface area contributed by atoms with Crippen LogP contribution in [0.5, 0.6) is 23.0 Å². The fourth-order valence-corrected chi connectivity index (χ4v) is 4.93. The topological polar surface area (TPSA) is 102 Å². The number of carbonyl (C=O) groups is 1. The molecule has 0 bridgehead atoms. The maximum Gasteiger partial charge on any atom is 0.199 e. The highest BCUT2D eigenvalue weighted by Crippen LogP contribution is 2.37. The van der Waals surface area contributed by atoms with E-state index in [2.05, 4.69) is 5.32 Å². The van der Waals surface area contributed by atoms with E-state index in [0.29, 0.717) is 17.8 Å². The molecule has 0 aliphatic heterocycles. The Bertz CT molecular complexity index is 1250. The maximum absolute atomic E-state index is 13.3. The van der Waals surface area contributed by atoms with Crippen LogP contribution in [0.25, 0.3) is 0 Å². The van der Waals surface area contributed by atoms with E-state index in [9.17, 15) is 18.3 Å². The van der Waals surface area contributed by atoms with Gasteiger partial charge in [0.1, 0.15) is 22.6 Å². The number of benzene rings is 3. The standard InChI is InChI=1S/C27H31NO6S/c1-5-19(4)33-21-9-11-22(12-10-21)34-26-15-20(17-29)25(30)16-24(26)28-27(6-2)35(31,32)23-13-7-18(3)8-14-23/h7-17,19,27-28,30H,5-6H2,1-4H3. The minimum atomic E-state index is -3.74. The van der Waals surface area contributed by atoms with Crippen molar-refractivity contribution in [2.24, 2.45) is 0 Å². The fraction of sp³-hybridized carbons (Fsp3) is 0.296. The Morgan fingerprint density at radius 2 is 1.60 bits per heavy atom. The number of sulfone groups is 1. The average molecular weight is 498 g/mol. The number of hydrogen-bond acceptors (Lipinski definition) is 7. The van der Waals surface area contributed by atoms with Gasteiger partial charge in [-0.05, 0) is 69.2 Å². The highest BCUT2D eigenvalue weighted by atomic mass is 32.2. The van der Waals surface area contributed by atoms with Crippen molar-refractivity contribution in [1.82, 2.24) is 0 Å². The number of phenolic OH excluding ortho intramolecular Hbond substituents is 1. The number of hydrogen-bond donors (Lipinski definition) is 2. The second-order valence-electron chi connectivity index (χ2n) is 8.33. The van der Waals surface area contributed by atoms with Gasteiger partial charge in [0.25, 0.3) is 0 Å². The van der Waals surface area contributed by atoms with E-state index in [1.807, 2.05) is 20.8 Å². The fourth-order valence-electron chi connectivity index (χ4n) is 3.37. The number of nitrogens with one attached hydrogen (secondary N) is 1. The molecule has 8 heteroatoms. The Balaban J connectivity index is 1.92. The molecule has 0 saturated heterocycles. The lowest BCUT2D eigenvalue weighted by atomic mass is 10.1. The summed E-state index contributed by atoms with van der Waals surface area (Å²) in [4.78, 5) is 11.6. The third-order valence-corrected chi connectivity index (χ3v) is 7.76. The largest absolute Gasteiger partial charge is 0.507 e. The van der Waals surface area contributed by atoms with E-state index in [1.54, 1.807) is 55.5 Å². The molecule has 2 atom stereocenters. The lowest BCUT2D eigenvalue weighted by Crippen LogP contribution is -2.29. The SMILES string of the molecule is CCC(C)Oc1ccc(Oc2cc(C=O)c(O)cc2NC(CC)S(=O)(=O)c2ccc(C)cc2)cc1. The minimum absolute atomic E-state index is 0.0247. The zero-order valence-electron chi connectivity index (χ0n) is 20.3. The second kappa shape index (κ2) is 11.3. The molecule has 3 rings (SSSR count). The van der Waals surface area contributed by atoms with Gasteiger partial charge in [0.05, 0.1) is 22.3 Å². The van der Waals surface area contributed by atoms with Crippen molar-refractivity contribution < 1.29 is 27.8 Å². The van der Waals surface area contributed by atoms with Gasteiger partial charge in [-0.2, -0.15) is 0 Å². The number of anilines is 1. The summed E-state index contributed by atoms with van der Waals surface area (Å²) in [6.07, 6.45) is 1.72. The molecule has 0 aliphatic carbocycles. The molecule has 3 aromatic carbocycles. The molecule has 35 heavy (non-hydrogen) atoms. The predicted molar refractivity (Wildman–Crippen MR) is 136 cm³/mol. The summed E-state index contributed by atoms with van der Waals surface area (Å²) < 4.78 is 38.3. The molecule has 0 amide bonds. The van der Waals surface area contributed by atoms with Gasteiger partial charge < -0.3 is 19.9 Å². The van der Waals surface area contributed by atoms with E-state index < -0.39 is 15.2 Å². The Labute approximate surface area is 206 Å². The molecular weight excluding hydrogens is 466 g/mol. The second-order valence-corrected chi connectivity index (χ2v) is 10.5. The van der Waals surface area contributed by atoms with Gasteiger partial charge in [-0.1, -0.05) is 31.5 Å². The van der Waals surface area contributed by atoms with Gasteiger partial charge in [-0.15, -0.1) is 0 Å². The third kappa shape index (κ3) is 6.33. The van der Waals surface area contributed by atoms with Gasteiger partial charge in [-0.25, -0.2) is 8.42 Å². The highest BCUT2D eigenvalue weighted by molar-refractivity contribution is 7.92. The smallest absolute Gasteiger partial charge is 0.199 e. The molecule has 7 nitrogen and oxygen atoms in total. The summed E-state index contributed by atoms with van der Waals surface area (Å²) in [7, 11) is -3.74. The van der Waals surface area contributed by atoms with Gasteiger partial charge >= 0.3 is 0 Å². The zero-order valence-corrected chi connectivity index (χ0v) is 21.1. The van der Waals surface area contributed by atoms with E-state index in [0.717, 1.165) is 12.0 Å². The van der Waals surface area contributed by atoms with Crippen LogP contribution < -0.4 is 14.8 Å². The lowest BCUT2D eigenvalue weighted by Gasteiger charge is -2.22. The highest BCUT2D eigenvalue weighted by Gasteiger charge is 2.27. The van der Waals surface area contributed by atoms with Crippen LogP contribution in [0.3, 0.4) is 0 Å². The van der Waals surface area contributed by atoms with Crippen molar-refractivity contribution in [2.75, 3.05) is 5.32 Å². The van der Waals surface area contributed by atoms with Crippen LogP contribution in [0.15, 0.2) is 65.6 Å². The number of aromatic hydroxyl groups is 1. The monoisotopic (exact) mass is 497 g/mol. The Morgan fingerprint density at radius 3 is 2.17 bits per heavy atom. The first-order chi connectivity index (χ1) is 16.7. The van der Waals surface area contributed by atoms with Crippen molar-refractivity contribution in [3.8, 4) is 23.0 Å². The number of rotatable bonds is 11. The Hall–Kier alpha value is -3.52. The van der Waals surface area contributed by atoms with Crippen LogP contribution in [-0.2, 0) is 9.84 Å². The summed E-state index contributed by atoms with van der Waals surface area (Å²) >= 11 is 0. The molecule has 0 aromatic heterocycles. The molecular formula is C27H31NO6S. The predicted octanol–water partition coefficient (Wildman–Crippen LogP) is 6.10. The molecule has 0 fully saturated rings. The first kappa shape index (κ1) is 26.1. The lowest BCUT2D eigenvalue weighted by molar-refractivity contribution is 0.112. The molecule has 0 radical (unpaired) electrons. The van der Waals surface area contributed by atoms with Crippen LogP contribution in [0.1, 0.15) is 49.5 Å². The van der Waals surface area contributed by atoms with Gasteiger partial charge in [0.2, 0.25) is 0 Å². The number of carbonyl (C=O) groups excluding carboxylic acids is 1. The van der Waals surface area contributed by atoms with Crippen LogP contribution in [0.2, 0.25) is 0 Å². The summed E-state index contributed by atoms with van der Waals surface area (Å²) in [5.74, 6) is 1.08. The number of aryl methyl sites for hydroxylation is 1. The molecule has 2 unspecified atom stereocenters. The molecule has 0 heterocycles. The van der Waals surface area contributed by atoms with Crippen molar-refractivity contribution in [3.63, 3.8) is 0 Å². The van der Waals surface area contributed by atoms with E-state index >= 15 is 0 Å². The van der Waals surface area contributed by atoms with Gasteiger partial charge in [0.15, 0.2) is 21.9 Å². The summed E-state index contributed by atoms with van der Waals surface area (Å²) in [6.45, 7) is 7.65. The van der Waals surface area contributed by atoms with Crippen LogP contribution in [0.4, 0.5) is 5.69 Å². The van der Waals surface area contributed by atoms with E-state index in [4.69, 9.17) is 9.47 Å². The molecule has 0 spiro atoms. The van der Waals surface area contributed by atoms with Crippen LogP contribution in [0, 0.1) is 6.92 Å². The van der Waals surface area contributed by atoms with Crippen LogP contribution in [-0.4, -0.2) is 31.3 Å². The Kier molecular flexibility index (Phi) is 8.40. The van der Waals surface area contributed by atoms with Crippen LogP contribution >= 0.6 is 0 Å². The molecule has 0 saturated carbocycles. The molecule has 2 N–H and O–H groups in total. The molecule has 186 valence electrons. The number of phenols is 1. The first-order valence-electron chi connectivity index (χ1n) is 11.5. The van der Waals surface area contributed by atoms with E-state index in [1.165, 1.54) is 12.1 Å². The summed E-state index contributed by atoms with van der Waals surface area (Å²) in [5.41, 5.74) is 1.22. The first-order valence-corrected chi connectivity index (χ1v) is 13.1. The number of ether oxygens (including phenoxy) is 2. The van der Waals surface area contributed by atoms with Gasteiger partial charge in [-0.3, -0.25) is 4.79 Å². The average Bonchev–Trinajstić information content (AvgIpc) is 2.85. The zero-order chi connectivity index (χ0) is 25.6.